The van der Waals surface area contributed by atoms with E-state index in [0.29, 0.717) is 0 Å². The van der Waals surface area contributed by atoms with Gasteiger partial charge in [-0.1, -0.05) is 0 Å². The number of rotatable bonds is 0. The fraction of sp³-hybridized carbons (Fsp3) is 0. The molecule has 1 unspecified atom stereocenters. The molecule has 0 N–H and O–H groups in total. The number of hydrogen-bond acceptors (Lipinski definition) is 0. The van der Waals surface area contributed by atoms with Crippen LogP contribution in [0.15, 0.2) is 0 Å². The van der Waals surface area contributed by atoms with Crippen LogP contribution in [0.4, 0.5) is 0 Å². The minimum atomic E-state index is 0. The minimum absolute atomic E-state index is 0. The zero-order valence-electron chi connectivity index (χ0n) is 2.90. The average Bonchev–Trinajstić information content (AvgIpc) is 0. The van der Waals surface area contributed by atoms with Crippen molar-refractivity contribution < 1.29 is 13.8 Å². The molecule has 0 nitrogen and oxygen atoms in total. The first kappa shape index (κ1) is 52.2. The first-order valence-corrected chi connectivity index (χ1v) is 0. The van der Waals surface area contributed by atoms with Crippen LogP contribution in [-0.4, -0.2) is 18.0 Å². The zero-order chi connectivity index (χ0) is 0. The van der Waals surface area contributed by atoms with Crippen LogP contribution in [0.3, 0.4) is 0 Å². The van der Waals surface area contributed by atoms with E-state index in [2.05, 4.69) is 0 Å². The maximum atomic E-state index is 0. The molecule has 0 bridgehead atoms. The molecule has 0 amide bonds. The molecule has 0 spiro atoms. The first-order chi connectivity index (χ1) is 0. The van der Waals surface area contributed by atoms with Crippen molar-refractivity contribution in [3.63, 3.8) is 0 Å². The van der Waals surface area contributed by atoms with Crippen LogP contribution in [0.5, 0.6) is 0 Å². The van der Waals surface area contributed by atoms with Crippen molar-refractivity contribution in [2.45, 2.75) is 0 Å². The van der Waals surface area contributed by atoms with Gasteiger partial charge < -0.3 is 12.4 Å². The van der Waals surface area contributed by atoms with Gasteiger partial charge in [-0.25, -0.2) is 0 Å². The largest absolute Gasteiger partial charge is 1.00 e. The second-order valence-corrected chi connectivity index (χ2v) is 0. The van der Waals surface area contributed by atoms with E-state index in [9.17, 15) is 0 Å². The van der Waals surface area contributed by atoms with Crippen molar-refractivity contribution in [2.75, 3.05) is 0 Å². The van der Waals surface area contributed by atoms with Crippen LogP contribution >= 0.6 is 24.8 Å². The molecule has 0 saturated carbocycles. The van der Waals surface area contributed by atoms with E-state index in [-0.39, 0.29) is 56.6 Å². The summed E-state index contributed by atoms with van der Waals surface area (Å²) in [5.74, 6) is 0. The van der Waals surface area contributed by atoms with Gasteiger partial charge in [0.05, 0.1) is 0 Å². The molecule has 0 heterocycles. The summed E-state index contributed by atoms with van der Waals surface area (Å²) in [6.45, 7) is 0. The molecule has 0 fully saturated rings. The molecule has 1 atom stereocenters. The van der Waals surface area contributed by atoms with Crippen molar-refractivity contribution in [1.29, 1.82) is 0 Å². The van der Waals surface area contributed by atoms with E-state index in [0.717, 1.165) is 0 Å². The summed E-state index contributed by atoms with van der Waals surface area (Å²) in [5.41, 5.74) is 0. The Bertz CT molecular complexity index is 6.85. The van der Waals surface area contributed by atoms with Crippen LogP contribution in [-0.2, 0) is 0 Å². The summed E-state index contributed by atoms with van der Waals surface area (Å²) in [5, 5.41) is 0. The third kappa shape index (κ3) is 9.91. The van der Waals surface area contributed by atoms with E-state index in [1.807, 2.05) is 0 Å². The van der Waals surface area contributed by atoms with Gasteiger partial charge in [0.15, 0.2) is 0 Å². The topological polar surface area (TPSA) is 0 Å². The van der Waals surface area contributed by atoms with Crippen molar-refractivity contribution in [2.24, 2.45) is 0 Å². The number of halogens is 3. The third-order valence-electron chi connectivity index (χ3n) is 0. The Morgan fingerprint density at radius 3 is 1.00 bits per heavy atom. The maximum absolute atomic E-state index is 0. The van der Waals surface area contributed by atoms with Crippen LogP contribution in [0.25, 0.3) is 0 Å². The Morgan fingerprint density at radius 2 is 1.00 bits per heavy atom. The maximum Gasteiger partial charge on any atom is 1.00 e. The van der Waals surface area contributed by atoms with E-state index in [1.54, 1.807) is 0 Å². The summed E-state index contributed by atoms with van der Waals surface area (Å²) in [7, 11) is 0. The van der Waals surface area contributed by atoms with Crippen molar-refractivity contribution in [3.05, 3.63) is 0 Å². The van der Waals surface area contributed by atoms with E-state index >= 15 is 0 Å². The summed E-state index contributed by atoms with van der Waals surface area (Å²) in [6, 6.07) is 0. The standard InChI is InChI=1S/AsH3.3ClH/h1H3;3*1H. The first-order valence-electron chi connectivity index (χ1n) is 0. The molecule has 0 aromatic heterocycles. The van der Waals surface area contributed by atoms with Crippen molar-refractivity contribution in [3.8, 4) is 0 Å². The molecule has 0 radical (unpaired) electrons. The van der Waals surface area contributed by atoms with Gasteiger partial charge in [0.2, 0.25) is 0 Å². The molecular weight excluding hydrogens is 181 g/mol. The zero-order valence-corrected chi connectivity index (χ0v) is 7.26. The molecule has 4 heavy (non-hydrogen) atoms. The molecule has 32 valence electrons. The molecule has 0 saturated heterocycles. The second kappa shape index (κ2) is 25.5. The third-order valence-corrected chi connectivity index (χ3v) is 0. The Balaban J connectivity index is 0. The quantitative estimate of drug-likeness (QED) is 0.350. The normalized spacial score (nSPS) is 0. The molecular formula is H6AsCl3. The van der Waals surface area contributed by atoms with Crippen LogP contribution in [0.1, 0.15) is 1.43 Å². The summed E-state index contributed by atoms with van der Waals surface area (Å²) >= 11 is 0. The molecule has 0 rings (SSSR count). The SMILES string of the molecule is Cl.Cl.[AsH3].[Cl-].[H+]. The smallest absolute Gasteiger partial charge is 1.00 e. The van der Waals surface area contributed by atoms with Crippen LogP contribution < -0.4 is 12.4 Å². The van der Waals surface area contributed by atoms with Gasteiger partial charge in [-0.2, -0.15) is 0 Å². The van der Waals surface area contributed by atoms with Gasteiger partial charge in [-0.3, -0.25) is 0 Å². The van der Waals surface area contributed by atoms with Gasteiger partial charge in [0, 0.05) is 0 Å². The van der Waals surface area contributed by atoms with E-state index in [4.69, 9.17) is 0 Å². The molecule has 0 aliphatic heterocycles. The van der Waals surface area contributed by atoms with Gasteiger partial charge >= 0.3 is 19.4 Å². The van der Waals surface area contributed by atoms with Crippen LogP contribution in [0.2, 0.25) is 0 Å². The van der Waals surface area contributed by atoms with E-state index in [1.165, 1.54) is 0 Å². The fourth-order valence-electron chi connectivity index (χ4n) is 0. The Morgan fingerprint density at radius 1 is 1.00 bits per heavy atom. The van der Waals surface area contributed by atoms with Crippen molar-refractivity contribution in [1.82, 2.24) is 0 Å². The Hall–Kier alpha value is 1.43. The predicted octanol–water partition coefficient (Wildman–Crippen LogP) is -3.22. The Labute approximate surface area is 56.7 Å². The molecule has 0 aromatic carbocycles. The van der Waals surface area contributed by atoms with Crippen molar-refractivity contribution >= 4 is 42.8 Å². The number of hydrogen-bond donors (Lipinski definition) is 0. The van der Waals surface area contributed by atoms with E-state index < -0.39 is 0 Å². The van der Waals surface area contributed by atoms with Gasteiger partial charge in [-0.15, -0.1) is 24.8 Å². The van der Waals surface area contributed by atoms with Crippen LogP contribution in [0, 0.1) is 0 Å². The monoisotopic (exact) mass is 186 g/mol. The molecule has 0 aliphatic carbocycles. The minimum Gasteiger partial charge on any atom is -1.00 e. The molecule has 0 aliphatic rings. The van der Waals surface area contributed by atoms with Gasteiger partial charge in [0.1, 0.15) is 0 Å². The Kier molecular flexibility index (Phi) is 333. The summed E-state index contributed by atoms with van der Waals surface area (Å²) in [6.07, 6.45) is 0. The molecule has 0 aromatic rings. The fourth-order valence-corrected chi connectivity index (χ4v) is 0. The summed E-state index contributed by atoms with van der Waals surface area (Å²) < 4.78 is 0. The average molecular weight is 187 g/mol. The second-order valence-electron chi connectivity index (χ2n) is 0. The van der Waals surface area contributed by atoms with Gasteiger partial charge in [0.25, 0.3) is 0 Å². The van der Waals surface area contributed by atoms with Gasteiger partial charge in [-0.05, 0) is 0 Å². The predicted molar refractivity (Wildman–Crippen MR) is 25.5 cm³/mol. The molecule has 4 heteroatoms. The summed E-state index contributed by atoms with van der Waals surface area (Å²) in [4.78, 5) is 0.